The fraction of sp³-hybridized carbons (Fsp3) is 0.235. The summed E-state index contributed by atoms with van der Waals surface area (Å²) >= 11 is 0. The Morgan fingerprint density at radius 3 is 2.45 bits per heavy atom. The molecule has 3 heteroatoms. The number of esters is 1. The first-order chi connectivity index (χ1) is 9.72. The minimum Gasteiger partial charge on any atom is -0.462 e. The number of benzene rings is 2. The standard InChI is InChI=1S/C17H19NO2/c1-3-20-17(19)15-11-7-8-12-16(15)18-13(2)14-9-5-4-6-10-14/h4-13,18H,3H2,1-2H3. The molecule has 0 bridgehead atoms. The zero-order valence-electron chi connectivity index (χ0n) is 11.8. The van der Waals surface area contributed by atoms with Crippen molar-refractivity contribution in [3.05, 3.63) is 65.7 Å². The van der Waals surface area contributed by atoms with E-state index in [1.54, 1.807) is 13.0 Å². The van der Waals surface area contributed by atoms with Gasteiger partial charge in [-0.15, -0.1) is 0 Å². The van der Waals surface area contributed by atoms with Gasteiger partial charge in [0.2, 0.25) is 0 Å². The number of para-hydroxylation sites is 1. The molecule has 0 radical (unpaired) electrons. The summed E-state index contributed by atoms with van der Waals surface area (Å²) in [6, 6.07) is 17.6. The van der Waals surface area contributed by atoms with Gasteiger partial charge in [-0.2, -0.15) is 0 Å². The van der Waals surface area contributed by atoms with Crippen LogP contribution >= 0.6 is 0 Å². The molecule has 0 heterocycles. The van der Waals surface area contributed by atoms with E-state index in [9.17, 15) is 4.79 Å². The van der Waals surface area contributed by atoms with Crippen molar-refractivity contribution in [2.24, 2.45) is 0 Å². The third-order valence-electron chi connectivity index (χ3n) is 3.09. The van der Waals surface area contributed by atoms with Crippen LogP contribution in [0.15, 0.2) is 54.6 Å². The van der Waals surface area contributed by atoms with Gasteiger partial charge in [0.05, 0.1) is 12.2 Å². The highest BCUT2D eigenvalue weighted by Crippen LogP contribution is 2.22. The van der Waals surface area contributed by atoms with Crippen molar-refractivity contribution in [3.63, 3.8) is 0 Å². The first kappa shape index (κ1) is 14.1. The lowest BCUT2D eigenvalue weighted by atomic mass is 10.1. The predicted molar refractivity (Wildman–Crippen MR) is 80.9 cm³/mol. The van der Waals surface area contributed by atoms with Crippen molar-refractivity contribution in [2.45, 2.75) is 19.9 Å². The molecule has 0 aliphatic rings. The topological polar surface area (TPSA) is 38.3 Å². The van der Waals surface area contributed by atoms with Gasteiger partial charge in [0.15, 0.2) is 0 Å². The summed E-state index contributed by atoms with van der Waals surface area (Å²) in [4.78, 5) is 11.9. The smallest absolute Gasteiger partial charge is 0.340 e. The molecule has 0 saturated carbocycles. The van der Waals surface area contributed by atoms with E-state index in [1.807, 2.05) is 36.4 Å². The quantitative estimate of drug-likeness (QED) is 0.833. The lowest BCUT2D eigenvalue weighted by Gasteiger charge is -2.17. The van der Waals surface area contributed by atoms with Crippen LogP contribution in [0.4, 0.5) is 5.69 Å². The van der Waals surface area contributed by atoms with Gasteiger partial charge in [-0.3, -0.25) is 0 Å². The molecule has 0 aliphatic carbocycles. The highest BCUT2D eigenvalue weighted by molar-refractivity contribution is 5.95. The van der Waals surface area contributed by atoms with Crippen molar-refractivity contribution in [1.82, 2.24) is 0 Å². The minimum atomic E-state index is -0.295. The predicted octanol–water partition coefficient (Wildman–Crippen LogP) is 4.04. The zero-order chi connectivity index (χ0) is 14.4. The average molecular weight is 269 g/mol. The molecule has 0 amide bonds. The monoisotopic (exact) mass is 269 g/mol. The molecule has 2 aromatic rings. The molecule has 104 valence electrons. The van der Waals surface area contributed by atoms with Gasteiger partial charge in [0.1, 0.15) is 0 Å². The summed E-state index contributed by atoms with van der Waals surface area (Å²) in [5, 5.41) is 3.37. The number of rotatable bonds is 5. The number of carbonyl (C=O) groups excluding carboxylic acids is 1. The van der Waals surface area contributed by atoms with Crippen LogP contribution in [0.25, 0.3) is 0 Å². The van der Waals surface area contributed by atoms with Gasteiger partial charge >= 0.3 is 5.97 Å². The Morgan fingerprint density at radius 2 is 1.75 bits per heavy atom. The molecule has 20 heavy (non-hydrogen) atoms. The van der Waals surface area contributed by atoms with Crippen LogP contribution in [0.1, 0.15) is 35.8 Å². The van der Waals surface area contributed by atoms with Gasteiger partial charge in [0.25, 0.3) is 0 Å². The van der Waals surface area contributed by atoms with E-state index in [0.29, 0.717) is 12.2 Å². The lowest BCUT2D eigenvalue weighted by molar-refractivity contribution is 0.0527. The fourth-order valence-corrected chi connectivity index (χ4v) is 2.05. The van der Waals surface area contributed by atoms with Crippen LogP contribution in [0.5, 0.6) is 0 Å². The number of nitrogens with one attached hydrogen (secondary N) is 1. The maximum Gasteiger partial charge on any atom is 0.340 e. The Balaban J connectivity index is 2.19. The number of hydrogen-bond donors (Lipinski definition) is 1. The summed E-state index contributed by atoms with van der Waals surface area (Å²) in [6.07, 6.45) is 0. The molecular weight excluding hydrogens is 250 g/mol. The van der Waals surface area contributed by atoms with Crippen LogP contribution < -0.4 is 5.32 Å². The van der Waals surface area contributed by atoms with E-state index in [0.717, 1.165) is 5.69 Å². The number of hydrogen-bond acceptors (Lipinski definition) is 3. The molecule has 3 nitrogen and oxygen atoms in total. The van der Waals surface area contributed by atoms with Crippen LogP contribution in [-0.4, -0.2) is 12.6 Å². The summed E-state index contributed by atoms with van der Waals surface area (Å²) in [5.41, 5.74) is 2.53. The largest absolute Gasteiger partial charge is 0.462 e. The van der Waals surface area contributed by atoms with Crippen molar-refractivity contribution in [2.75, 3.05) is 11.9 Å². The van der Waals surface area contributed by atoms with Crippen molar-refractivity contribution in [1.29, 1.82) is 0 Å². The Kier molecular flexibility index (Phi) is 4.77. The second-order valence-corrected chi connectivity index (χ2v) is 4.54. The molecule has 2 rings (SSSR count). The van der Waals surface area contributed by atoms with Gasteiger partial charge in [-0.25, -0.2) is 4.79 Å². The molecule has 1 unspecified atom stereocenters. The summed E-state index contributed by atoms with van der Waals surface area (Å²) in [5.74, 6) is -0.295. The number of carbonyl (C=O) groups is 1. The van der Waals surface area contributed by atoms with E-state index in [1.165, 1.54) is 5.56 Å². The third kappa shape index (κ3) is 3.38. The number of anilines is 1. The van der Waals surface area contributed by atoms with E-state index in [-0.39, 0.29) is 12.0 Å². The van der Waals surface area contributed by atoms with E-state index in [2.05, 4.69) is 24.4 Å². The lowest BCUT2D eigenvalue weighted by Crippen LogP contribution is -2.12. The molecule has 0 aliphatic heterocycles. The third-order valence-corrected chi connectivity index (χ3v) is 3.09. The Morgan fingerprint density at radius 1 is 1.10 bits per heavy atom. The van der Waals surface area contributed by atoms with Crippen LogP contribution in [0.3, 0.4) is 0 Å². The molecule has 0 aromatic heterocycles. The highest BCUT2D eigenvalue weighted by Gasteiger charge is 2.13. The van der Waals surface area contributed by atoms with Crippen molar-refractivity contribution < 1.29 is 9.53 Å². The fourth-order valence-electron chi connectivity index (χ4n) is 2.05. The minimum absolute atomic E-state index is 0.117. The number of ether oxygens (including phenoxy) is 1. The molecule has 0 fully saturated rings. The maximum absolute atomic E-state index is 11.9. The average Bonchev–Trinajstić information content (AvgIpc) is 2.49. The van der Waals surface area contributed by atoms with E-state index >= 15 is 0 Å². The second kappa shape index (κ2) is 6.75. The first-order valence-electron chi connectivity index (χ1n) is 6.80. The zero-order valence-corrected chi connectivity index (χ0v) is 11.8. The van der Waals surface area contributed by atoms with Gasteiger partial charge in [0, 0.05) is 11.7 Å². The van der Waals surface area contributed by atoms with Crippen molar-refractivity contribution in [3.8, 4) is 0 Å². The summed E-state index contributed by atoms with van der Waals surface area (Å²) in [7, 11) is 0. The Labute approximate surface area is 119 Å². The molecule has 0 spiro atoms. The van der Waals surface area contributed by atoms with Gasteiger partial charge in [-0.1, -0.05) is 42.5 Å². The van der Waals surface area contributed by atoms with Crippen LogP contribution in [0.2, 0.25) is 0 Å². The maximum atomic E-state index is 11.9. The molecule has 1 atom stereocenters. The summed E-state index contributed by atoms with van der Waals surface area (Å²) < 4.78 is 5.08. The summed E-state index contributed by atoms with van der Waals surface area (Å²) in [6.45, 7) is 4.25. The normalized spacial score (nSPS) is 11.7. The molecule has 1 N–H and O–H groups in total. The second-order valence-electron chi connectivity index (χ2n) is 4.54. The van der Waals surface area contributed by atoms with Gasteiger partial charge < -0.3 is 10.1 Å². The molecule has 2 aromatic carbocycles. The first-order valence-corrected chi connectivity index (χ1v) is 6.80. The van der Waals surface area contributed by atoms with E-state index < -0.39 is 0 Å². The molecular formula is C17H19NO2. The molecule has 0 saturated heterocycles. The SMILES string of the molecule is CCOC(=O)c1ccccc1NC(C)c1ccccc1. The van der Waals surface area contributed by atoms with Crippen LogP contribution in [0, 0.1) is 0 Å². The van der Waals surface area contributed by atoms with Crippen molar-refractivity contribution >= 4 is 11.7 Å². The highest BCUT2D eigenvalue weighted by atomic mass is 16.5. The Bertz CT molecular complexity index is 566. The Hall–Kier alpha value is -2.29. The van der Waals surface area contributed by atoms with Crippen LogP contribution in [-0.2, 0) is 4.74 Å². The van der Waals surface area contributed by atoms with E-state index in [4.69, 9.17) is 4.74 Å². The van der Waals surface area contributed by atoms with Gasteiger partial charge in [-0.05, 0) is 31.5 Å².